The fourth-order valence-electron chi connectivity index (χ4n) is 1.89. The molecule has 1 atom stereocenters. The van der Waals surface area contributed by atoms with Crippen LogP contribution in [0.15, 0.2) is 0 Å². The third-order valence-electron chi connectivity index (χ3n) is 3.36. The van der Waals surface area contributed by atoms with Crippen molar-refractivity contribution in [3.63, 3.8) is 0 Å². The number of halogens is 1. The fourth-order valence-corrected chi connectivity index (χ4v) is 2.05. The maximum absolute atomic E-state index is 5.94. The van der Waals surface area contributed by atoms with Crippen LogP contribution in [-0.2, 0) is 0 Å². The summed E-state index contributed by atoms with van der Waals surface area (Å²) in [5.41, 5.74) is 0. The van der Waals surface area contributed by atoms with Crippen molar-refractivity contribution >= 4 is 23.5 Å². The highest BCUT2D eigenvalue weighted by molar-refractivity contribution is 6.28. The summed E-state index contributed by atoms with van der Waals surface area (Å²) in [5.74, 6) is 1.97. The van der Waals surface area contributed by atoms with Gasteiger partial charge in [-0.3, -0.25) is 0 Å². The lowest BCUT2D eigenvalue weighted by Gasteiger charge is -2.24. The van der Waals surface area contributed by atoms with Crippen LogP contribution in [0.2, 0.25) is 5.28 Å². The first-order valence-corrected chi connectivity index (χ1v) is 6.88. The highest BCUT2D eigenvalue weighted by Crippen LogP contribution is 2.35. The normalized spacial score (nSPS) is 16.4. The minimum Gasteiger partial charge on any atom is -0.354 e. The fraction of sp³-hybridized carbons (Fsp3) is 0.750. The average molecular weight is 270 g/mol. The molecule has 1 unspecified atom stereocenters. The van der Waals surface area contributed by atoms with Gasteiger partial charge in [0.15, 0.2) is 0 Å². The second-order valence-corrected chi connectivity index (χ2v) is 5.18. The predicted octanol–water partition coefficient (Wildman–Crippen LogP) is 2.58. The third kappa shape index (κ3) is 3.22. The van der Waals surface area contributed by atoms with E-state index in [0.717, 1.165) is 18.9 Å². The first-order valence-electron chi connectivity index (χ1n) is 6.50. The summed E-state index contributed by atoms with van der Waals surface area (Å²) in [6, 6.07) is 0.447. The number of nitrogens with zero attached hydrogens (tertiary/aromatic N) is 4. The summed E-state index contributed by atoms with van der Waals surface area (Å²) in [6.07, 6.45) is 3.61. The molecule has 0 aliphatic heterocycles. The third-order valence-corrected chi connectivity index (χ3v) is 3.53. The van der Waals surface area contributed by atoms with Crippen LogP contribution in [0.25, 0.3) is 0 Å². The summed E-state index contributed by atoms with van der Waals surface area (Å²) in [4.78, 5) is 14.8. The van der Waals surface area contributed by atoms with E-state index in [1.807, 2.05) is 7.05 Å². The molecule has 0 radical (unpaired) electrons. The van der Waals surface area contributed by atoms with Crippen molar-refractivity contribution in [3.05, 3.63) is 5.28 Å². The molecule has 1 saturated carbocycles. The molecule has 0 amide bonds. The van der Waals surface area contributed by atoms with E-state index >= 15 is 0 Å². The van der Waals surface area contributed by atoms with E-state index in [0.29, 0.717) is 17.9 Å². The Hall–Kier alpha value is -1.10. The van der Waals surface area contributed by atoms with Crippen molar-refractivity contribution in [2.24, 2.45) is 5.92 Å². The monoisotopic (exact) mass is 269 g/mol. The molecule has 0 spiro atoms. The number of nitrogens with one attached hydrogen (secondary N) is 1. The predicted molar refractivity (Wildman–Crippen MR) is 74.2 cm³/mol. The zero-order valence-corrected chi connectivity index (χ0v) is 11.9. The van der Waals surface area contributed by atoms with Gasteiger partial charge in [-0.1, -0.05) is 6.92 Å². The maximum atomic E-state index is 5.94. The van der Waals surface area contributed by atoms with E-state index in [1.54, 1.807) is 0 Å². The van der Waals surface area contributed by atoms with Crippen LogP contribution >= 0.6 is 11.6 Å². The topological polar surface area (TPSA) is 53.9 Å². The molecule has 18 heavy (non-hydrogen) atoms. The summed E-state index contributed by atoms with van der Waals surface area (Å²) in [7, 11) is 2.01. The molecule has 1 aliphatic carbocycles. The zero-order valence-electron chi connectivity index (χ0n) is 11.1. The van der Waals surface area contributed by atoms with Gasteiger partial charge in [0.1, 0.15) is 0 Å². The van der Waals surface area contributed by atoms with Crippen molar-refractivity contribution in [1.29, 1.82) is 0 Å². The number of aromatic nitrogens is 3. The lowest BCUT2D eigenvalue weighted by Crippen LogP contribution is -2.32. The van der Waals surface area contributed by atoms with Gasteiger partial charge in [0.05, 0.1) is 0 Å². The molecule has 2 rings (SSSR count). The number of hydrogen-bond acceptors (Lipinski definition) is 5. The number of rotatable bonds is 6. The Morgan fingerprint density at radius 2 is 2.11 bits per heavy atom. The van der Waals surface area contributed by atoms with Gasteiger partial charge in [0.25, 0.3) is 0 Å². The molecule has 5 nitrogen and oxygen atoms in total. The second-order valence-electron chi connectivity index (χ2n) is 4.84. The Kier molecular flexibility index (Phi) is 4.22. The Balaban J connectivity index is 2.12. The van der Waals surface area contributed by atoms with E-state index in [-0.39, 0.29) is 5.28 Å². The first kappa shape index (κ1) is 13.3. The standard InChI is InChI=1S/C12H20ClN5/c1-4-7-14-11-15-10(13)16-12(17-11)18(3)8(2)9-5-6-9/h8-9H,4-7H2,1-3H3,(H,14,15,16,17). The van der Waals surface area contributed by atoms with Crippen molar-refractivity contribution in [2.45, 2.75) is 39.2 Å². The maximum Gasteiger partial charge on any atom is 0.231 e. The molecule has 100 valence electrons. The van der Waals surface area contributed by atoms with Crippen LogP contribution in [0.1, 0.15) is 33.1 Å². The molecular formula is C12H20ClN5. The molecule has 6 heteroatoms. The first-order chi connectivity index (χ1) is 8.61. The van der Waals surface area contributed by atoms with Gasteiger partial charge in [0, 0.05) is 19.6 Å². The molecule has 0 bridgehead atoms. The molecule has 1 fully saturated rings. The summed E-state index contributed by atoms with van der Waals surface area (Å²) in [5, 5.41) is 3.38. The smallest absolute Gasteiger partial charge is 0.231 e. The summed E-state index contributed by atoms with van der Waals surface area (Å²) < 4.78 is 0. The van der Waals surface area contributed by atoms with E-state index < -0.39 is 0 Å². The van der Waals surface area contributed by atoms with Gasteiger partial charge in [-0.25, -0.2) is 0 Å². The lowest BCUT2D eigenvalue weighted by atomic mass is 10.2. The molecule has 0 aromatic carbocycles. The van der Waals surface area contributed by atoms with Crippen LogP contribution in [0.5, 0.6) is 0 Å². The molecule has 1 aliphatic rings. The van der Waals surface area contributed by atoms with Crippen molar-refractivity contribution in [3.8, 4) is 0 Å². The quantitative estimate of drug-likeness (QED) is 0.860. The van der Waals surface area contributed by atoms with Gasteiger partial charge in [-0.2, -0.15) is 15.0 Å². The van der Waals surface area contributed by atoms with Crippen LogP contribution in [0.3, 0.4) is 0 Å². The molecule has 1 aromatic rings. The Bertz CT molecular complexity index is 407. The van der Waals surface area contributed by atoms with Crippen LogP contribution in [-0.4, -0.2) is 34.6 Å². The second kappa shape index (κ2) is 5.69. The molecule has 1 heterocycles. The molecular weight excluding hydrogens is 250 g/mol. The summed E-state index contributed by atoms with van der Waals surface area (Å²) >= 11 is 5.94. The Morgan fingerprint density at radius 1 is 1.39 bits per heavy atom. The molecule has 0 saturated heterocycles. The van der Waals surface area contributed by atoms with E-state index in [1.165, 1.54) is 12.8 Å². The van der Waals surface area contributed by atoms with Gasteiger partial charge < -0.3 is 10.2 Å². The SMILES string of the molecule is CCCNc1nc(Cl)nc(N(C)C(C)C2CC2)n1. The zero-order chi connectivity index (χ0) is 13.1. The summed E-state index contributed by atoms with van der Waals surface area (Å²) in [6.45, 7) is 5.13. The van der Waals surface area contributed by atoms with Gasteiger partial charge >= 0.3 is 0 Å². The minimum atomic E-state index is 0.244. The number of anilines is 2. The highest BCUT2D eigenvalue weighted by atomic mass is 35.5. The van der Waals surface area contributed by atoms with Crippen LogP contribution in [0.4, 0.5) is 11.9 Å². The van der Waals surface area contributed by atoms with E-state index in [4.69, 9.17) is 11.6 Å². The largest absolute Gasteiger partial charge is 0.354 e. The molecule has 1 N–H and O–H groups in total. The van der Waals surface area contributed by atoms with Crippen molar-refractivity contribution < 1.29 is 0 Å². The van der Waals surface area contributed by atoms with Gasteiger partial charge in [0.2, 0.25) is 17.2 Å². The van der Waals surface area contributed by atoms with Gasteiger partial charge in [-0.05, 0) is 43.7 Å². The lowest BCUT2D eigenvalue weighted by molar-refractivity contribution is 0.596. The Labute approximate surface area is 113 Å². The number of hydrogen-bond donors (Lipinski definition) is 1. The van der Waals surface area contributed by atoms with E-state index in [9.17, 15) is 0 Å². The average Bonchev–Trinajstić information content (AvgIpc) is 3.18. The Morgan fingerprint density at radius 3 is 2.72 bits per heavy atom. The van der Waals surface area contributed by atoms with Crippen molar-refractivity contribution in [2.75, 3.05) is 23.8 Å². The van der Waals surface area contributed by atoms with Crippen molar-refractivity contribution in [1.82, 2.24) is 15.0 Å². The minimum absolute atomic E-state index is 0.244. The van der Waals surface area contributed by atoms with E-state index in [2.05, 4.69) is 39.0 Å². The van der Waals surface area contributed by atoms with Crippen LogP contribution in [0, 0.1) is 5.92 Å². The van der Waals surface area contributed by atoms with Crippen LogP contribution < -0.4 is 10.2 Å². The highest BCUT2D eigenvalue weighted by Gasteiger charge is 2.31. The molecule has 1 aromatic heterocycles. The van der Waals surface area contributed by atoms with Gasteiger partial charge in [-0.15, -0.1) is 0 Å².